The van der Waals surface area contributed by atoms with Crippen LogP contribution in [0.25, 0.3) is 10.8 Å². The van der Waals surface area contributed by atoms with Gasteiger partial charge >= 0.3 is 6.09 Å². The van der Waals surface area contributed by atoms with Gasteiger partial charge in [-0.2, -0.15) is 5.10 Å². The lowest BCUT2D eigenvalue weighted by atomic mass is 10.1. The van der Waals surface area contributed by atoms with Crippen LogP contribution >= 0.6 is 15.9 Å². The molecule has 0 aliphatic heterocycles. The van der Waals surface area contributed by atoms with Gasteiger partial charge in [0.1, 0.15) is 11.4 Å². The lowest BCUT2D eigenvalue weighted by Crippen LogP contribution is -2.32. The van der Waals surface area contributed by atoms with Crippen molar-refractivity contribution in [2.75, 3.05) is 6.61 Å². The van der Waals surface area contributed by atoms with Gasteiger partial charge < -0.3 is 14.8 Å². The predicted octanol–water partition coefficient (Wildman–Crippen LogP) is 3.11. The number of halogens is 1. The van der Waals surface area contributed by atoms with Crippen LogP contribution in [0.3, 0.4) is 0 Å². The fourth-order valence-corrected chi connectivity index (χ4v) is 2.59. The number of alkyl carbamates (subject to hydrolysis) is 1. The van der Waals surface area contributed by atoms with Gasteiger partial charge in [-0.1, -0.05) is 15.9 Å². The molecule has 24 heavy (non-hydrogen) atoms. The van der Waals surface area contributed by atoms with E-state index in [1.54, 1.807) is 32.9 Å². The molecule has 1 aromatic carbocycles. The van der Waals surface area contributed by atoms with Crippen molar-refractivity contribution in [3.63, 3.8) is 0 Å². The molecule has 8 heteroatoms. The number of nitrogens with zero attached hydrogens (tertiary/aromatic N) is 1. The number of aromatic amines is 1. The molecule has 1 aromatic heterocycles. The lowest BCUT2D eigenvalue weighted by Gasteiger charge is -2.19. The number of carbonyl (C=O) groups is 1. The average Bonchev–Trinajstić information content (AvgIpc) is 2.44. The van der Waals surface area contributed by atoms with Crippen LogP contribution in [-0.2, 0) is 11.3 Å². The molecule has 2 N–H and O–H groups in total. The quantitative estimate of drug-likeness (QED) is 0.826. The highest BCUT2D eigenvalue weighted by Crippen LogP contribution is 2.29. The summed E-state index contributed by atoms with van der Waals surface area (Å²) in [5.41, 5.74) is -0.421. The second-order valence-corrected chi connectivity index (χ2v) is 7.03. The molecule has 0 spiro atoms. The molecule has 1 amide bonds. The maximum atomic E-state index is 12.1. The molecule has 7 nitrogen and oxygen atoms in total. The van der Waals surface area contributed by atoms with Crippen LogP contribution in [0.1, 0.15) is 33.4 Å². The molecule has 0 saturated carbocycles. The van der Waals surface area contributed by atoms with Gasteiger partial charge in [0.15, 0.2) is 0 Å². The standard InChI is InChI=1S/C16H20BrN3O4/c1-5-23-12-7-9(17)6-10-11(19-20-14(21)13(10)12)8-18-15(22)24-16(2,3)4/h6-7H,5,8H2,1-4H3,(H,18,22)(H,20,21). The number of benzene rings is 1. The van der Waals surface area contributed by atoms with E-state index in [1.807, 2.05) is 6.92 Å². The minimum Gasteiger partial charge on any atom is -0.493 e. The number of hydrogen-bond acceptors (Lipinski definition) is 5. The van der Waals surface area contributed by atoms with E-state index in [4.69, 9.17) is 9.47 Å². The molecule has 0 bridgehead atoms. The van der Waals surface area contributed by atoms with E-state index in [-0.39, 0.29) is 12.1 Å². The number of ether oxygens (including phenoxy) is 2. The molecule has 1 heterocycles. The summed E-state index contributed by atoms with van der Waals surface area (Å²) in [6.07, 6.45) is -0.552. The Morgan fingerprint density at radius 1 is 1.38 bits per heavy atom. The fraction of sp³-hybridized carbons (Fsp3) is 0.438. The van der Waals surface area contributed by atoms with Crippen LogP contribution in [0.4, 0.5) is 4.79 Å². The van der Waals surface area contributed by atoms with Gasteiger partial charge in [-0.3, -0.25) is 4.79 Å². The first-order chi connectivity index (χ1) is 11.2. The summed E-state index contributed by atoms with van der Waals surface area (Å²) in [4.78, 5) is 23.9. The maximum absolute atomic E-state index is 12.1. The Balaban J connectivity index is 2.36. The number of fused-ring (bicyclic) bond motifs is 1. The summed E-state index contributed by atoms with van der Waals surface area (Å²) < 4.78 is 11.5. The molecule has 0 unspecified atom stereocenters. The first-order valence-electron chi connectivity index (χ1n) is 7.51. The Morgan fingerprint density at radius 3 is 2.71 bits per heavy atom. The first kappa shape index (κ1) is 18.3. The molecule has 0 aliphatic rings. The van der Waals surface area contributed by atoms with Crippen molar-refractivity contribution in [3.8, 4) is 5.75 Å². The normalized spacial score (nSPS) is 11.4. The predicted molar refractivity (Wildman–Crippen MR) is 94.3 cm³/mol. The fourth-order valence-electron chi connectivity index (χ4n) is 2.15. The Hall–Kier alpha value is -2.09. The van der Waals surface area contributed by atoms with E-state index in [0.29, 0.717) is 28.8 Å². The van der Waals surface area contributed by atoms with Crippen LogP contribution in [0.5, 0.6) is 5.75 Å². The van der Waals surface area contributed by atoms with Crippen LogP contribution in [-0.4, -0.2) is 28.5 Å². The van der Waals surface area contributed by atoms with Gasteiger partial charge in [0.25, 0.3) is 5.56 Å². The average molecular weight is 398 g/mol. The van der Waals surface area contributed by atoms with Crippen LogP contribution < -0.4 is 15.6 Å². The summed E-state index contributed by atoms with van der Waals surface area (Å²) in [7, 11) is 0. The van der Waals surface area contributed by atoms with E-state index < -0.39 is 11.7 Å². The van der Waals surface area contributed by atoms with Crippen molar-refractivity contribution < 1.29 is 14.3 Å². The van der Waals surface area contributed by atoms with Crippen molar-refractivity contribution in [2.45, 2.75) is 39.8 Å². The van der Waals surface area contributed by atoms with Gasteiger partial charge in [-0.15, -0.1) is 0 Å². The van der Waals surface area contributed by atoms with Gasteiger partial charge in [-0.25, -0.2) is 9.89 Å². The molecular formula is C16H20BrN3O4. The van der Waals surface area contributed by atoms with Gasteiger partial charge in [-0.05, 0) is 39.8 Å². The molecule has 130 valence electrons. The van der Waals surface area contributed by atoms with Gasteiger partial charge in [0, 0.05) is 9.86 Å². The SMILES string of the molecule is CCOc1cc(Br)cc2c(CNC(=O)OC(C)(C)C)n[nH]c(=O)c12. The minimum atomic E-state index is -0.588. The van der Waals surface area contributed by atoms with Crippen molar-refractivity contribution in [1.82, 2.24) is 15.5 Å². The number of rotatable bonds is 4. The number of nitrogens with one attached hydrogen (secondary N) is 2. The van der Waals surface area contributed by atoms with Gasteiger partial charge in [0.2, 0.25) is 0 Å². The van der Waals surface area contributed by atoms with E-state index in [9.17, 15) is 9.59 Å². The van der Waals surface area contributed by atoms with Crippen LogP contribution in [0.15, 0.2) is 21.4 Å². The Kier molecular flexibility index (Phi) is 5.48. The van der Waals surface area contributed by atoms with Crippen molar-refractivity contribution >= 4 is 32.8 Å². The lowest BCUT2D eigenvalue weighted by molar-refractivity contribution is 0.0523. The number of amides is 1. The molecular weight excluding hydrogens is 378 g/mol. The summed E-state index contributed by atoms with van der Waals surface area (Å²) >= 11 is 3.40. The molecule has 0 radical (unpaired) electrons. The Labute approximate surface area is 147 Å². The number of H-pyrrole nitrogens is 1. The summed E-state index contributed by atoms with van der Waals surface area (Å²) in [6.45, 7) is 7.74. The van der Waals surface area contributed by atoms with E-state index in [1.165, 1.54) is 0 Å². The van der Waals surface area contributed by atoms with Crippen molar-refractivity contribution in [2.24, 2.45) is 0 Å². The number of aromatic nitrogens is 2. The van der Waals surface area contributed by atoms with E-state index in [0.717, 1.165) is 4.47 Å². The Morgan fingerprint density at radius 2 is 2.08 bits per heavy atom. The first-order valence-corrected chi connectivity index (χ1v) is 8.31. The zero-order valence-corrected chi connectivity index (χ0v) is 15.6. The zero-order chi connectivity index (χ0) is 17.9. The maximum Gasteiger partial charge on any atom is 0.407 e. The third-order valence-corrected chi connectivity index (χ3v) is 3.45. The second kappa shape index (κ2) is 7.21. The number of hydrogen-bond donors (Lipinski definition) is 2. The Bertz CT molecular complexity index is 811. The van der Waals surface area contributed by atoms with Gasteiger partial charge in [0.05, 0.1) is 24.2 Å². The van der Waals surface area contributed by atoms with Crippen molar-refractivity contribution in [1.29, 1.82) is 0 Å². The highest BCUT2D eigenvalue weighted by atomic mass is 79.9. The molecule has 2 rings (SSSR count). The highest BCUT2D eigenvalue weighted by Gasteiger charge is 2.17. The zero-order valence-electron chi connectivity index (χ0n) is 14.0. The van der Waals surface area contributed by atoms with Crippen LogP contribution in [0, 0.1) is 0 Å². The minimum absolute atomic E-state index is 0.115. The summed E-state index contributed by atoms with van der Waals surface area (Å²) in [5.74, 6) is 0.462. The van der Waals surface area contributed by atoms with E-state index in [2.05, 4.69) is 31.4 Å². The smallest absolute Gasteiger partial charge is 0.407 e. The monoisotopic (exact) mass is 397 g/mol. The number of carbonyl (C=O) groups excluding carboxylic acids is 1. The third kappa shape index (κ3) is 4.47. The summed E-state index contributed by atoms with van der Waals surface area (Å²) in [6, 6.07) is 3.50. The molecule has 0 aliphatic carbocycles. The molecule has 0 saturated heterocycles. The largest absolute Gasteiger partial charge is 0.493 e. The second-order valence-electron chi connectivity index (χ2n) is 6.11. The summed E-state index contributed by atoms with van der Waals surface area (Å²) in [5, 5.41) is 10.1. The van der Waals surface area contributed by atoms with Crippen molar-refractivity contribution in [3.05, 3.63) is 32.7 Å². The molecule has 0 fully saturated rings. The van der Waals surface area contributed by atoms with Crippen LogP contribution in [0.2, 0.25) is 0 Å². The van der Waals surface area contributed by atoms with E-state index >= 15 is 0 Å². The third-order valence-electron chi connectivity index (χ3n) is 3.00. The topological polar surface area (TPSA) is 93.3 Å². The highest BCUT2D eigenvalue weighted by molar-refractivity contribution is 9.10. The molecule has 0 atom stereocenters. The molecule has 2 aromatic rings.